The molecule has 1 atom stereocenters. The van der Waals surface area contributed by atoms with Gasteiger partial charge in [-0.1, -0.05) is 35.5 Å². The van der Waals surface area contributed by atoms with Crippen LogP contribution in [0.4, 0.5) is 5.69 Å². The van der Waals surface area contributed by atoms with Crippen LogP contribution in [0.5, 0.6) is 0 Å². The van der Waals surface area contributed by atoms with Crippen molar-refractivity contribution in [3.05, 3.63) is 40.7 Å². The number of benzene rings is 1. The van der Waals surface area contributed by atoms with Crippen LogP contribution >= 0.6 is 23.4 Å². The van der Waals surface area contributed by atoms with Gasteiger partial charge in [-0.15, -0.1) is 0 Å². The minimum Gasteiger partial charge on any atom is -0.383 e. The van der Waals surface area contributed by atoms with E-state index in [-0.39, 0.29) is 11.2 Å². The van der Waals surface area contributed by atoms with Gasteiger partial charge < -0.3 is 14.6 Å². The Hall–Kier alpha value is -1.50. The molecule has 0 spiro atoms. The van der Waals surface area contributed by atoms with Gasteiger partial charge in [-0.2, -0.15) is 0 Å². The Morgan fingerprint density at radius 2 is 2.12 bits per heavy atom. The number of methoxy groups -OCH3 is 1. The lowest BCUT2D eigenvalue weighted by atomic mass is 10.3. The Balaban J connectivity index is 2.09. The molecule has 1 amide bonds. The quantitative estimate of drug-likeness (QED) is 0.753. The number of nitrogens with zero attached hydrogens (tertiary/aromatic N) is 2. The maximum atomic E-state index is 12.4. The number of anilines is 1. The number of rotatable bonds is 7. The van der Waals surface area contributed by atoms with E-state index in [0.717, 1.165) is 16.5 Å². The smallest absolute Gasteiger partial charge is 0.237 e. The highest BCUT2D eigenvalue weighted by molar-refractivity contribution is 8.00. The first kappa shape index (κ1) is 18.8. The normalized spacial score (nSPS) is 12.2. The molecule has 0 fully saturated rings. The summed E-state index contributed by atoms with van der Waals surface area (Å²) in [6.07, 6.45) is 0. The number of imidazole rings is 1. The van der Waals surface area contributed by atoms with Crippen molar-refractivity contribution in [2.24, 2.45) is 0 Å². The molecule has 0 aliphatic heterocycles. The van der Waals surface area contributed by atoms with Crippen molar-refractivity contribution in [2.75, 3.05) is 19.0 Å². The summed E-state index contributed by atoms with van der Waals surface area (Å²) in [4.78, 5) is 17.0. The number of thioether (sulfide) groups is 1. The average Bonchev–Trinajstić information content (AvgIpc) is 2.81. The highest BCUT2D eigenvalue weighted by atomic mass is 35.5. The van der Waals surface area contributed by atoms with E-state index in [2.05, 4.69) is 14.9 Å². The summed E-state index contributed by atoms with van der Waals surface area (Å²) in [6.45, 7) is 7.17. The molecule has 1 aromatic heterocycles. The fourth-order valence-electron chi connectivity index (χ4n) is 2.17. The first-order chi connectivity index (χ1) is 11.4. The van der Waals surface area contributed by atoms with Crippen LogP contribution in [-0.4, -0.2) is 34.4 Å². The van der Waals surface area contributed by atoms with Crippen molar-refractivity contribution >= 4 is 35.0 Å². The number of halogens is 1. The molecule has 24 heavy (non-hydrogen) atoms. The lowest BCUT2D eigenvalue weighted by molar-refractivity contribution is -0.115. The van der Waals surface area contributed by atoms with Gasteiger partial charge in [0.05, 0.1) is 28.3 Å². The number of ether oxygens (including phenoxy) is 1. The average molecular weight is 368 g/mol. The summed E-state index contributed by atoms with van der Waals surface area (Å²) < 4.78 is 7.24. The lowest BCUT2D eigenvalue weighted by Gasteiger charge is -2.14. The van der Waals surface area contributed by atoms with Crippen molar-refractivity contribution in [3.8, 4) is 0 Å². The van der Waals surface area contributed by atoms with Crippen molar-refractivity contribution in [1.29, 1.82) is 0 Å². The molecule has 0 saturated heterocycles. The van der Waals surface area contributed by atoms with Gasteiger partial charge in [0.2, 0.25) is 5.91 Å². The standard InChI is InChI=1S/C17H22ClN3O2S/c1-11-12(2)21(9-10-23-4)17(19-11)24-13(3)16(22)20-15-8-6-5-7-14(15)18/h5-8,13H,9-10H2,1-4H3,(H,20,22). The number of carbonyl (C=O) groups excluding carboxylic acids is 1. The van der Waals surface area contributed by atoms with Gasteiger partial charge in [-0.05, 0) is 32.9 Å². The molecule has 0 aliphatic rings. The highest BCUT2D eigenvalue weighted by Gasteiger charge is 2.20. The molecule has 0 aliphatic carbocycles. The monoisotopic (exact) mass is 367 g/mol. The zero-order chi connectivity index (χ0) is 17.7. The van der Waals surface area contributed by atoms with E-state index in [4.69, 9.17) is 16.3 Å². The van der Waals surface area contributed by atoms with Gasteiger partial charge in [0.1, 0.15) is 0 Å². The van der Waals surface area contributed by atoms with Crippen LogP contribution in [0.1, 0.15) is 18.3 Å². The van der Waals surface area contributed by atoms with Crippen LogP contribution in [0.3, 0.4) is 0 Å². The second kappa shape index (κ2) is 8.55. The molecular formula is C17H22ClN3O2S. The summed E-state index contributed by atoms with van der Waals surface area (Å²) in [5.41, 5.74) is 2.67. The first-order valence-electron chi connectivity index (χ1n) is 7.68. The Morgan fingerprint density at radius 1 is 1.42 bits per heavy atom. The predicted octanol–water partition coefficient (Wildman–Crippen LogP) is 3.92. The van der Waals surface area contributed by atoms with E-state index in [1.807, 2.05) is 32.9 Å². The minimum atomic E-state index is -0.302. The third-order valence-corrected chi connectivity index (χ3v) is 5.14. The topological polar surface area (TPSA) is 56.1 Å². The molecule has 130 valence electrons. The zero-order valence-corrected chi connectivity index (χ0v) is 15.9. The number of para-hydroxylation sites is 1. The van der Waals surface area contributed by atoms with E-state index in [0.29, 0.717) is 23.9 Å². The number of amides is 1. The number of aryl methyl sites for hydroxylation is 1. The largest absolute Gasteiger partial charge is 0.383 e. The van der Waals surface area contributed by atoms with Crippen molar-refractivity contribution in [2.45, 2.75) is 37.7 Å². The molecular weight excluding hydrogens is 346 g/mol. The Kier molecular flexibility index (Phi) is 6.71. The molecule has 2 rings (SSSR count). The van der Waals surface area contributed by atoms with Crippen LogP contribution in [0.2, 0.25) is 5.02 Å². The summed E-state index contributed by atoms with van der Waals surface area (Å²) in [6, 6.07) is 7.20. The van der Waals surface area contributed by atoms with E-state index in [1.165, 1.54) is 11.8 Å². The Labute approximate surface area is 151 Å². The molecule has 1 heterocycles. The third kappa shape index (κ3) is 4.53. The first-order valence-corrected chi connectivity index (χ1v) is 8.94. The van der Waals surface area contributed by atoms with Gasteiger partial charge in [-0.3, -0.25) is 4.79 Å². The zero-order valence-electron chi connectivity index (χ0n) is 14.3. The fourth-order valence-corrected chi connectivity index (χ4v) is 3.38. The second-order valence-corrected chi connectivity index (χ2v) is 7.15. The van der Waals surface area contributed by atoms with Gasteiger partial charge >= 0.3 is 0 Å². The molecule has 7 heteroatoms. The predicted molar refractivity (Wildman–Crippen MR) is 99.0 cm³/mol. The maximum Gasteiger partial charge on any atom is 0.237 e. The van der Waals surface area contributed by atoms with E-state index >= 15 is 0 Å². The van der Waals surface area contributed by atoms with Crippen LogP contribution in [0.15, 0.2) is 29.4 Å². The Bertz CT molecular complexity index is 718. The van der Waals surface area contributed by atoms with Crippen molar-refractivity contribution in [1.82, 2.24) is 9.55 Å². The molecule has 0 saturated carbocycles. The number of hydrogen-bond donors (Lipinski definition) is 1. The number of nitrogens with one attached hydrogen (secondary N) is 1. The van der Waals surface area contributed by atoms with Crippen molar-refractivity contribution in [3.63, 3.8) is 0 Å². The second-order valence-electron chi connectivity index (χ2n) is 5.44. The molecule has 5 nitrogen and oxygen atoms in total. The van der Waals surface area contributed by atoms with E-state index in [1.54, 1.807) is 19.2 Å². The molecule has 2 aromatic rings. The summed E-state index contributed by atoms with van der Waals surface area (Å²) >= 11 is 7.52. The molecule has 1 unspecified atom stereocenters. The van der Waals surface area contributed by atoms with Crippen LogP contribution in [-0.2, 0) is 16.1 Å². The number of aromatic nitrogens is 2. The summed E-state index contributed by atoms with van der Waals surface area (Å²) in [5.74, 6) is -0.107. The lowest BCUT2D eigenvalue weighted by Crippen LogP contribution is -2.23. The highest BCUT2D eigenvalue weighted by Crippen LogP contribution is 2.27. The van der Waals surface area contributed by atoms with Gasteiger partial charge in [0.25, 0.3) is 0 Å². The van der Waals surface area contributed by atoms with Gasteiger partial charge in [0.15, 0.2) is 5.16 Å². The molecule has 0 radical (unpaired) electrons. The van der Waals surface area contributed by atoms with Crippen LogP contribution < -0.4 is 5.32 Å². The molecule has 0 bridgehead atoms. The van der Waals surface area contributed by atoms with Gasteiger partial charge in [-0.25, -0.2) is 4.98 Å². The van der Waals surface area contributed by atoms with Crippen LogP contribution in [0.25, 0.3) is 0 Å². The third-order valence-electron chi connectivity index (χ3n) is 3.72. The summed E-state index contributed by atoms with van der Waals surface area (Å²) in [7, 11) is 1.67. The fraction of sp³-hybridized carbons (Fsp3) is 0.412. The number of carbonyl (C=O) groups is 1. The SMILES string of the molecule is COCCn1c(SC(C)C(=O)Nc2ccccc2Cl)nc(C)c1C. The molecule has 1 aromatic carbocycles. The molecule has 1 N–H and O–H groups in total. The van der Waals surface area contributed by atoms with E-state index < -0.39 is 0 Å². The van der Waals surface area contributed by atoms with Gasteiger partial charge in [0, 0.05) is 19.3 Å². The summed E-state index contributed by atoms with van der Waals surface area (Å²) in [5, 5.41) is 3.91. The maximum absolute atomic E-state index is 12.4. The van der Waals surface area contributed by atoms with E-state index in [9.17, 15) is 4.79 Å². The minimum absolute atomic E-state index is 0.107. The Morgan fingerprint density at radius 3 is 2.79 bits per heavy atom. The van der Waals surface area contributed by atoms with Crippen molar-refractivity contribution < 1.29 is 9.53 Å². The number of hydrogen-bond acceptors (Lipinski definition) is 4. The van der Waals surface area contributed by atoms with Crippen LogP contribution in [0, 0.1) is 13.8 Å².